The standard InChI is InChI=1S/C18H29ClN2O2/c1-3-14(2)23-18-5-4-15(12-17(18)19)13-20-8-11-21-9-6-16(22)7-10-21/h4-5,12,14,16,20,22H,3,6-11,13H2,1-2H3. The zero-order chi connectivity index (χ0) is 16.7. The maximum absolute atomic E-state index is 9.50. The van der Waals surface area contributed by atoms with E-state index >= 15 is 0 Å². The van der Waals surface area contributed by atoms with Crippen LogP contribution in [-0.4, -0.2) is 48.4 Å². The molecule has 1 fully saturated rings. The monoisotopic (exact) mass is 340 g/mol. The van der Waals surface area contributed by atoms with Gasteiger partial charge in [-0.1, -0.05) is 24.6 Å². The molecule has 1 aliphatic rings. The van der Waals surface area contributed by atoms with Crippen LogP contribution in [0.25, 0.3) is 0 Å². The van der Waals surface area contributed by atoms with Crippen LogP contribution in [0.5, 0.6) is 5.75 Å². The fourth-order valence-corrected chi connectivity index (χ4v) is 2.91. The van der Waals surface area contributed by atoms with Crippen molar-refractivity contribution < 1.29 is 9.84 Å². The van der Waals surface area contributed by atoms with Crippen molar-refractivity contribution in [3.05, 3.63) is 28.8 Å². The van der Waals surface area contributed by atoms with E-state index in [1.54, 1.807) is 0 Å². The maximum atomic E-state index is 9.50. The molecule has 1 atom stereocenters. The molecule has 1 heterocycles. The van der Waals surface area contributed by atoms with Crippen LogP contribution in [0, 0.1) is 0 Å². The molecular formula is C18H29ClN2O2. The number of likely N-dealkylation sites (tertiary alicyclic amines) is 1. The fourth-order valence-electron chi connectivity index (χ4n) is 2.66. The van der Waals surface area contributed by atoms with E-state index in [2.05, 4.69) is 23.2 Å². The number of hydrogen-bond acceptors (Lipinski definition) is 4. The first kappa shape index (κ1) is 18.5. The largest absolute Gasteiger partial charge is 0.489 e. The quantitative estimate of drug-likeness (QED) is 0.714. The van der Waals surface area contributed by atoms with Crippen molar-refractivity contribution in [2.24, 2.45) is 0 Å². The maximum Gasteiger partial charge on any atom is 0.138 e. The van der Waals surface area contributed by atoms with Crippen molar-refractivity contribution >= 4 is 11.6 Å². The van der Waals surface area contributed by atoms with Crippen molar-refractivity contribution in [1.82, 2.24) is 10.2 Å². The highest BCUT2D eigenvalue weighted by molar-refractivity contribution is 6.32. The molecule has 0 aliphatic carbocycles. The SMILES string of the molecule is CCC(C)Oc1ccc(CNCCN2CCC(O)CC2)cc1Cl. The molecule has 1 aromatic rings. The van der Waals surface area contributed by atoms with E-state index in [4.69, 9.17) is 16.3 Å². The minimum atomic E-state index is -0.0995. The topological polar surface area (TPSA) is 44.7 Å². The highest BCUT2D eigenvalue weighted by atomic mass is 35.5. The van der Waals surface area contributed by atoms with Crippen LogP contribution in [0.15, 0.2) is 18.2 Å². The third-order valence-corrected chi connectivity index (χ3v) is 4.69. The Hall–Kier alpha value is -0.810. The smallest absolute Gasteiger partial charge is 0.138 e. The van der Waals surface area contributed by atoms with Gasteiger partial charge in [-0.25, -0.2) is 0 Å². The van der Waals surface area contributed by atoms with Gasteiger partial charge in [0.25, 0.3) is 0 Å². The molecule has 1 saturated heterocycles. The molecule has 23 heavy (non-hydrogen) atoms. The lowest BCUT2D eigenvalue weighted by Gasteiger charge is -2.29. The number of ether oxygens (including phenoxy) is 1. The number of benzene rings is 1. The first-order chi connectivity index (χ1) is 11.1. The van der Waals surface area contributed by atoms with Crippen LogP contribution in [0.2, 0.25) is 5.02 Å². The summed E-state index contributed by atoms with van der Waals surface area (Å²) in [6.45, 7) is 8.91. The number of hydrogen-bond donors (Lipinski definition) is 2. The molecule has 0 spiro atoms. The third kappa shape index (κ3) is 6.30. The van der Waals surface area contributed by atoms with E-state index in [1.807, 2.05) is 19.1 Å². The van der Waals surface area contributed by atoms with Gasteiger partial charge in [0.15, 0.2) is 0 Å². The molecule has 1 aromatic carbocycles. The number of piperidine rings is 1. The van der Waals surface area contributed by atoms with Crippen molar-refractivity contribution in [2.45, 2.75) is 51.9 Å². The summed E-state index contributed by atoms with van der Waals surface area (Å²) in [7, 11) is 0. The van der Waals surface area contributed by atoms with E-state index < -0.39 is 0 Å². The Morgan fingerprint density at radius 2 is 2.13 bits per heavy atom. The number of nitrogens with zero attached hydrogens (tertiary/aromatic N) is 1. The van der Waals surface area contributed by atoms with Crippen LogP contribution in [0.1, 0.15) is 38.7 Å². The van der Waals surface area contributed by atoms with E-state index in [-0.39, 0.29) is 12.2 Å². The molecule has 0 bridgehead atoms. The number of aliphatic hydroxyl groups excluding tert-OH is 1. The number of halogens is 1. The van der Waals surface area contributed by atoms with Gasteiger partial charge in [0, 0.05) is 32.7 Å². The van der Waals surface area contributed by atoms with Crippen molar-refractivity contribution in [2.75, 3.05) is 26.2 Å². The summed E-state index contributed by atoms with van der Waals surface area (Å²) >= 11 is 6.29. The molecule has 1 aliphatic heterocycles. The highest BCUT2D eigenvalue weighted by Crippen LogP contribution is 2.26. The molecule has 0 amide bonds. The number of aliphatic hydroxyl groups is 1. The van der Waals surface area contributed by atoms with Gasteiger partial charge in [-0.05, 0) is 43.9 Å². The molecule has 1 unspecified atom stereocenters. The lowest BCUT2D eigenvalue weighted by Crippen LogP contribution is -2.39. The first-order valence-corrected chi connectivity index (χ1v) is 9.02. The van der Waals surface area contributed by atoms with Gasteiger partial charge in [0.05, 0.1) is 17.2 Å². The first-order valence-electron chi connectivity index (χ1n) is 8.64. The van der Waals surface area contributed by atoms with Crippen molar-refractivity contribution in [3.63, 3.8) is 0 Å². The molecule has 0 saturated carbocycles. The van der Waals surface area contributed by atoms with Crippen LogP contribution >= 0.6 is 11.6 Å². The zero-order valence-corrected chi connectivity index (χ0v) is 15.0. The lowest BCUT2D eigenvalue weighted by atomic mass is 10.1. The summed E-state index contributed by atoms with van der Waals surface area (Å²) in [4.78, 5) is 2.40. The highest BCUT2D eigenvalue weighted by Gasteiger charge is 2.16. The summed E-state index contributed by atoms with van der Waals surface area (Å²) in [6, 6.07) is 5.99. The summed E-state index contributed by atoms with van der Waals surface area (Å²) in [5.41, 5.74) is 1.17. The van der Waals surface area contributed by atoms with Crippen LogP contribution in [-0.2, 0) is 6.54 Å². The third-order valence-electron chi connectivity index (χ3n) is 4.39. The Morgan fingerprint density at radius 1 is 1.39 bits per heavy atom. The van der Waals surface area contributed by atoms with Crippen molar-refractivity contribution in [1.29, 1.82) is 0 Å². The molecule has 5 heteroatoms. The van der Waals surface area contributed by atoms with Crippen molar-refractivity contribution in [3.8, 4) is 5.75 Å². The average Bonchev–Trinajstić information content (AvgIpc) is 2.55. The van der Waals surface area contributed by atoms with Gasteiger partial charge < -0.3 is 20.1 Å². The zero-order valence-electron chi connectivity index (χ0n) is 14.2. The minimum absolute atomic E-state index is 0.0995. The van der Waals surface area contributed by atoms with E-state index in [0.29, 0.717) is 5.02 Å². The molecular weight excluding hydrogens is 312 g/mol. The molecule has 2 N–H and O–H groups in total. The Kier molecular flexibility index (Phi) is 7.63. The van der Waals surface area contributed by atoms with E-state index in [1.165, 1.54) is 5.56 Å². The van der Waals surface area contributed by atoms with Gasteiger partial charge in [-0.15, -0.1) is 0 Å². The molecule has 130 valence electrons. The van der Waals surface area contributed by atoms with Gasteiger partial charge >= 0.3 is 0 Å². The van der Waals surface area contributed by atoms with Crippen LogP contribution < -0.4 is 10.1 Å². The summed E-state index contributed by atoms with van der Waals surface area (Å²) in [6.07, 6.45) is 2.84. The van der Waals surface area contributed by atoms with Crippen LogP contribution in [0.4, 0.5) is 0 Å². The van der Waals surface area contributed by atoms with Gasteiger partial charge in [-0.2, -0.15) is 0 Å². The number of rotatable bonds is 8. The van der Waals surface area contributed by atoms with Crippen LogP contribution in [0.3, 0.4) is 0 Å². The predicted octanol–water partition coefficient (Wildman–Crippen LogP) is 3.06. The van der Waals surface area contributed by atoms with E-state index in [0.717, 1.165) is 57.7 Å². The molecule has 2 rings (SSSR count). The summed E-state index contributed by atoms with van der Waals surface area (Å²) < 4.78 is 5.78. The van der Waals surface area contributed by atoms with E-state index in [9.17, 15) is 5.11 Å². The number of nitrogens with one attached hydrogen (secondary N) is 1. The second-order valence-electron chi connectivity index (χ2n) is 6.35. The Bertz CT molecular complexity index is 476. The summed E-state index contributed by atoms with van der Waals surface area (Å²) in [5, 5.41) is 13.6. The molecule has 0 aromatic heterocycles. The second-order valence-corrected chi connectivity index (χ2v) is 6.76. The van der Waals surface area contributed by atoms with Gasteiger partial charge in [0.2, 0.25) is 0 Å². The Morgan fingerprint density at radius 3 is 2.78 bits per heavy atom. The van der Waals surface area contributed by atoms with Gasteiger partial charge in [-0.3, -0.25) is 0 Å². The Balaban J connectivity index is 1.70. The normalized spacial score (nSPS) is 18.1. The molecule has 4 nitrogen and oxygen atoms in total. The predicted molar refractivity (Wildman–Crippen MR) is 95.2 cm³/mol. The average molecular weight is 341 g/mol. The molecule has 0 radical (unpaired) electrons. The minimum Gasteiger partial charge on any atom is -0.489 e. The Labute approximate surface area is 144 Å². The fraction of sp³-hybridized carbons (Fsp3) is 0.667. The summed E-state index contributed by atoms with van der Waals surface area (Å²) in [5.74, 6) is 0.761. The lowest BCUT2D eigenvalue weighted by molar-refractivity contribution is 0.0830. The van der Waals surface area contributed by atoms with Gasteiger partial charge in [0.1, 0.15) is 5.75 Å². The second kappa shape index (κ2) is 9.48.